The Morgan fingerprint density at radius 3 is 2.54 bits per heavy atom. The Balaban J connectivity index is 1.49. The molecule has 0 aliphatic heterocycles. The Morgan fingerprint density at radius 2 is 1.83 bits per heavy atom. The molecule has 0 saturated heterocycles. The Morgan fingerprint density at radius 1 is 1.08 bits per heavy atom. The number of para-hydroxylation sites is 1. The number of benzene rings is 2. The van der Waals surface area contributed by atoms with Gasteiger partial charge in [0.15, 0.2) is 5.78 Å². The lowest BCUT2D eigenvalue weighted by molar-refractivity contribution is -0.134. The van der Waals surface area contributed by atoms with Gasteiger partial charge in [0, 0.05) is 12.0 Å². The first-order chi connectivity index (χ1) is 11.6. The Bertz CT molecular complexity index is 835. The molecular weight excluding hydrogens is 322 g/mol. The van der Waals surface area contributed by atoms with Crippen molar-refractivity contribution in [2.24, 2.45) is 0 Å². The second-order valence-corrected chi connectivity index (χ2v) is 6.60. The van der Waals surface area contributed by atoms with E-state index in [-0.39, 0.29) is 11.8 Å². The minimum atomic E-state index is -0.272. The third kappa shape index (κ3) is 4.06. The third-order valence-electron chi connectivity index (χ3n) is 3.60. The number of rotatable bonds is 6. The van der Waals surface area contributed by atoms with Crippen molar-refractivity contribution in [1.82, 2.24) is 4.98 Å². The summed E-state index contributed by atoms with van der Waals surface area (Å²) in [7, 11) is 0. The molecule has 0 radical (unpaired) electrons. The minimum absolute atomic E-state index is 0.0105. The molecule has 0 fully saturated rings. The second kappa shape index (κ2) is 7.36. The molecule has 1 aromatic heterocycles. The molecule has 0 atom stereocenters. The van der Waals surface area contributed by atoms with E-state index in [1.54, 1.807) is 35.6 Å². The van der Waals surface area contributed by atoms with Crippen LogP contribution < -0.4 is 4.74 Å². The molecule has 5 heteroatoms. The first-order valence-corrected chi connectivity index (χ1v) is 8.59. The van der Waals surface area contributed by atoms with Crippen LogP contribution in [0.15, 0.2) is 48.5 Å². The van der Waals surface area contributed by atoms with Gasteiger partial charge in [0.25, 0.3) is 0 Å². The Kier molecular flexibility index (Phi) is 5.01. The number of Topliss-reactive ketones (excluding diaryl/α,β-unsaturated/α-hetero) is 1. The van der Waals surface area contributed by atoms with Crippen LogP contribution >= 0.6 is 11.3 Å². The smallest absolute Gasteiger partial charge is 0.311 e. The summed E-state index contributed by atoms with van der Waals surface area (Å²) < 4.78 is 6.45. The molecule has 122 valence electrons. The summed E-state index contributed by atoms with van der Waals surface area (Å²) >= 11 is 1.66. The molecular formula is C19H17NO3S. The Labute approximate surface area is 144 Å². The van der Waals surface area contributed by atoms with Gasteiger partial charge in [-0.1, -0.05) is 12.1 Å². The SMILES string of the molecule is CC(=O)c1ccc(OC(=O)CCCc2nc3ccccc3s2)cc1. The predicted octanol–water partition coefficient (Wildman–Crippen LogP) is 4.43. The van der Waals surface area contributed by atoms with Gasteiger partial charge >= 0.3 is 5.97 Å². The van der Waals surface area contributed by atoms with Gasteiger partial charge in [-0.3, -0.25) is 9.59 Å². The van der Waals surface area contributed by atoms with Crippen LogP contribution in [0.5, 0.6) is 5.75 Å². The first-order valence-electron chi connectivity index (χ1n) is 7.78. The highest BCUT2D eigenvalue weighted by molar-refractivity contribution is 7.18. The van der Waals surface area contributed by atoms with E-state index in [1.807, 2.05) is 18.2 Å². The summed E-state index contributed by atoms with van der Waals surface area (Å²) in [5.41, 5.74) is 1.61. The number of esters is 1. The van der Waals surface area contributed by atoms with Crippen molar-refractivity contribution in [2.45, 2.75) is 26.2 Å². The molecule has 24 heavy (non-hydrogen) atoms. The summed E-state index contributed by atoms with van der Waals surface area (Å²) in [5, 5.41) is 1.04. The van der Waals surface area contributed by atoms with Crippen molar-refractivity contribution in [3.63, 3.8) is 0 Å². The maximum Gasteiger partial charge on any atom is 0.311 e. The molecule has 0 aliphatic carbocycles. The monoisotopic (exact) mass is 339 g/mol. The van der Waals surface area contributed by atoms with E-state index in [9.17, 15) is 9.59 Å². The minimum Gasteiger partial charge on any atom is -0.427 e. The molecule has 3 aromatic rings. The van der Waals surface area contributed by atoms with Gasteiger partial charge in [-0.15, -0.1) is 11.3 Å². The maximum absolute atomic E-state index is 11.9. The lowest BCUT2D eigenvalue weighted by Gasteiger charge is -2.04. The van der Waals surface area contributed by atoms with E-state index in [0.29, 0.717) is 24.2 Å². The topological polar surface area (TPSA) is 56.3 Å². The fraction of sp³-hybridized carbons (Fsp3) is 0.211. The molecule has 0 aliphatic rings. The summed E-state index contributed by atoms with van der Waals surface area (Å²) in [6, 6.07) is 14.6. The Hall–Kier alpha value is -2.53. The van der Waals surface area contributed by atoms with Gasteiger partial charge in [0.05, 0.1) is 15.2 Å². The number of ether oxygens (including phenoxy) is 1. The summed E-state index contributed by atoms with van der Waals surface area (Å²) in [6.07, 6.45) is 1.80. The zero-order valence-electron chi connectivity index (χ0n) is 13.3. The van der Waals surface area contributed by atoms with Gasteiger partial charge in [-0.05, 0) is 56.2 Å². The number of thiazole rings is 1. The standard InChI is InChI=1S/C19H17NO3S/c1-13(21)14-9-11-15(12-10-14)23-19(22)8-4-7-18-20-16-5-2-3-6-17(16)24-18/h2-3,5-6,9-12H,4,7-8H2,1H3. The highest BCUT2D eigenvalue weighted by atomic mass is 32.1. The summed E-state index contributed by atoms with van der Waals surface area (Å²) in [4.78, 5) is 27.6. The molecule has 0 unspecified atom stereocenters. The second-order valence-electron chi connectivity index (χ2n) is 5.48. The van der Waals surface area contributed by atoms with Crippen LogP contribution in [0.25, 0.3) is 10.2 Å². The van der Waals surface area contributed by atoms with E-state index >= 15 is 0 Å². The van der Waals surface area contributed by atoms with Crippen LogP contribution in [-0.2, 0) is 11.2 Å². The number of ketones is 1. The third-order valence-corrected chi connectivity index (χ3v) is 4.70. The van der Waals surface area contributed by atoms with Crippen molar-refractivity contribution in [2.75, 3.05) is 0 Å². The van der Waals surface area contributed by atoms with Crippen LogP contribution in [0, 0.1) is 0 Å². The molecule has 4 nitrogen and oxygen atoms in total. The van der Waals surface area contributed by atoms with Crippen molar-refractivity contribution >= 4 is 33.3 Å². The fourth-order valence-corrected chi connectivity index (χ4v) is 3.36. The highest BCUT2D eigenvalue weighted by Gasteiger charge is 2.08. The zero-order chi connectivity index (χ0) is 16.9. The molecule has 0 N–H and O–H groups in total. The predicted molar refractivity (Wildman–Crippen MR) is 94.6 cm³/mol. The molecule has 0 bridgehead atoms. The molecule has 3 rings (SSSR count). The maximum atomic E-state index is 11.9. The van der Waals surface area contributed by atoms with Crippen molar-refractivity contribution in [3.8, 4) is 5.75 Å². The quantitative estimate of drug-likeness (QED) is 0.379. The van der Waals surface area contributed by atoms with E-state index in [2.05, 4.69) is 11.1 Å². The normalized spacial score (nSPS) is 10.7. The summed E-state index contributed by atoms with van der Waals surface area (Å²) in [5.74, 6) is 0.181. The summed E-state index contributed by atoms with van der Waals surface area (Å²) in [6.45, 7) is 1.50. The number of fused-ring (bicyclic) bond motifs is 1. The zero-order valence-corrected chi connectivity index (χ0v) is 14.1. The van der Waals surface area contributed by atoms with Crippen molar-refractivity contribution in [3.05, 3.63) is 59.1 Å². The molecule has 2 aromatic carbocycles. The van der Waals surface area contributed by atoms with E-state index in [0.717, 1.165) is 16.9 Å². The average Bonchev–Trinajstić information content (AvgIpc) is 2.98. The van der Waals surface area contributed by atoms with Crippen LogP contribution in [0.2, 0.25) is 0 Å². The molecule has 0 amide bonds. The van der Waals surface area contributed by atoms with Gasteiger partial charge in [-0.2, -0.15) is 0 Å². The average molecular weight is 339 g/mol. The van der Waals surface area contributed by atoms with Crippen LogP contribution in [-0.4, -0.2) is 16.7 Å². The number of hydrogen-bond acceptors (Lipinski definition) is 5. The molecule has 1 heterocycles. The molecule has 0 saturated carbocycles. The first kappa shape index (κ1) is 16.3. The lowest BCUT2D eigenvalue weighted by Crippen LogP contribution is -2.08. The van der Waals surface area contributed by atoms with Crippen molar-refractivity contribution in [1.29, 1.82) is 0 Å². The number of aromatic nitrogens is 1. The van der Waals surface area contributed by atoms with Crippen molar-refractivity contribution < 1.29 is 14.3 Å². The number of aryl methyl sites for hydroxylation is 1. The van der Waals surface area contributed by atoms with Gasteiger partial charge in [0.1, 0.15) is 5.75 Å². The highest BCUT2D eigenvalue weighted by Crippen LogP contribution is 2.23. The lowest BCUT2D eigenvalue weighted by atomic mass is 10.1. The number of nitrogens with zero attached hydrogens (tertiary/aromatic N) is 1. The van der Waals surface area contributed by atoms with Crippen LogP contribution in [0.4, 0.5) is 0 Å². The van der Waals surface area contributed by atoms with Gasteiger partial charge < -0.3 is 4.74 Å². The van der Waals surface area contributed by atoms with Crippen LogP contribution in [0.1, 0.15) is 35.1 Å². The number of carbonyl (C=O) groups excluding carboxylic acids is 2. The van der Waals surface area contributed by atoms with E-state index < -0.39 is 0 Å². The van der Waals surface area contributed by atoms with E-state index in [4.69, 9.17) is 4.74 Å². The van der Waals surface area contributed by atoms with Gasteiger partial charge in [-0.25, -0.2) is 4.98 Å². The van der Waals surface area contributed by atoms with Crippen LogP contribution in [0.3, 0.4) is 0 Å². The largest absolute Gasteiger partial charge is 0.427 e. The fourth-order valence-electron chi connectivity index (χ4n) is 2.35. The number of hydrogen-bond donors (Lipinski definition) is 0. The molecule has 0 spiro atoms. The van der Waals surface area contributed by atoms with Gasteiger partial charge in [0.2, 0.25) is 0 Å². The van der Waals surface area contributed by atoms with E-state index in [1.165, 1.54) is 11.6 Å². The number of carbonyl (C=O) groups is 2.